The zero-order valence-corrected chi connectivity index (χ0v) is 12.5. The third kappa shape index (κ3) is 4.56. The van der Waals surface area contributed by atoms with E-state index < -0.39 is 4.92 Å². The Morgan fingerprint density at radius 3 is 2.76 bits per heavy atom. The molecule has 1 saturated heterocycles. The van der Waals surface area contributed by atoms with Crippen molar-refractivity contribution < 1.29 is 4.92 Å². The molecule has 1 aromatic heterocycles. The molecule has 0 atom stereocenters. The Morgan fingerprint density at radius 1 is 1.33 bits per heavy atom. The van der Waals surface area contributed by atoms with Crippen LogP contribution in [0, 0.1) is 10.1 Å². The minimum atomic E-state index is -0.397. The molecule has 7 nitrogen and oxygen atoms in total. The highest BCUT2D eigenvalue weighted by Crippen LogP contribution is 2.23. The van der Waals surface area contributed by atoms with E-state index in [-0.39, 0.29) is 5.69 Å². The molecular formula is C14H23N5O2. The van der Waals surface area contributed by atoms with Crippen molar-refractivity contribution in [2.45, 2.75) is 26.2 Å². The topological polar surface area (TPSA) is 83.3 Å². The molecule has 116 valence electrons. The maximum atomic E-state index is 11.0. The van der Waals surface area contributed by atoms with Crippen molar-refractivity contribution in [1.29, 1.82) is 0 Å². The molecule has 0 bridgehead atoms. The fourth-order valence-electron chi connectivity index (χ4n) is 2.52. The van der Waals surface area contributed by atoms with E-state index in [0.717, 1.165) is 19.5 Å². The Labute approximate surface area is 124 Å². The summed E-state index contributed by atoms with van der Waals surface area (Å²) in [6, 6.07) is 3.13. The highest BCUT2D eigenvalue weighted by molar-refractivity contribution is 5.60. The fraction of sp³-hybridized carbons (Fsp3) is 0.643. The number of nitrogens with zero attached hydrogens (tertiary/aromatic N) is 3. The molecule has 0 saturated carbocycles. The lowest BCUT2D eigenvalue weighted by Gasteiger charge is -2.14. The van der Waals surface area contributed by atoms with E-state index in [2.05, 4.69) is 20.5 Å². The number of rotatable bonds is 8. The smallest absolute Gasteiger partial charge is 0.311 e. The summed E-state index contributed by atoms with van der Waals surface area (Å²) < 4.78 is 0. The first-order valence-corrected chi connectivity index (χ1v) is 7.56. The lowest BCUT2D eigenvalue weighted by molar-refractivity contribution is -0.384. The van der Waals surface area contributed by atoms with Crippen molar-refractivity contribution >= 4 is 17.3 Å². The van der Waals surface area contributed by atoms with Crippen molar-refractivity contribution in [1.82, 2.24) is 9.88 Å². The minimum absolute atomic E-state index is 0.0258. The van der Waals surface area contributed by atoms with Crippen LogP contribution in [-0.4, -0.2) is 47.5 Å². The van der Waals surface area contributed by atoms with Crippen LogP contribution >= 0.6 is 0 Å². The molecule has 1 aromatic rings. The van der Waals surface area contributed by atoms with Gasteiger partial charge in [-0.3, -0.25) is 10.1 Å². The standard InChI is InChI=1S/C14H23N5O2/c1-2-15-13-7-6-12(19(20)21)14(17-13)16-8-5-11-18-9-3-4-10-18/h6-7H,2-5,8-11H2,1H3,(H2,15,16,17). The number of nitro groups is 1. The van der Waals surface area contributed by atoms with Gasteiger partial charge >= 0.3 is 5.69 Å². The lowest BCUT2D eigenvalue weighted by Crippen LogP contribution is -2.22. The molecule has 2 heterocycles. The maximum absolute atomic E-state index is 11.0. The number of anilines is 2. The molecule has 7 heteroatoms. The van der Waals surface area contributed by atoms with E-state index in [4.69, 9.17) is 0 Å². The molecule has 0 spiro atoms. The van der Waals surface area contributed by atoms with Crippen LogP contribution in [0.15, 0.2) is 12.1 Å². The van der Waals surface area contributed by atoms with E-state index in [1.165, 1.54) is 32.0 Å². The largest absolute Gasteiger partial charge is 0.370 e. The Kier molecular flexibility index (Phi) is 5.74. The van der Waals surface area contributed by atoms with Crippen molar-refractivity contribution in [2.24, 2.45) is 0 Å². The van der Waals surface area contributed by atoms with Crippen molar-refractivity contribution in [3.8, 4) is 0 Å². The van der Waals surface area contributed by atoms with Crippen LogP contribution in [0.25, 0.3) is 0 Å². The van der Waals surface area contributed by atoms with Crippen LogP contribution in [-0.2, 0) is 0 Å². The Balaban J connectivity index is 1.89. The molecule has 1 fully saturated rings. The summed E-state index contributed by atoms with van der Waals surface area (Å²) in [7, 11) is 0. The number of hydrogen-bond donors (Lipinski definition) is 2. The summed E-state index contributed by atoms with van der Waals surface area (Å²) in [6.07, 6.45) is 3.53. The summed E-state index contributed by atoms with van der Waals surface area (Å²) in [6.45, 7) is 6.78. The third-order valence-corrected chi connectivity index (χ3v) is 3.57. The average molecular weight is 293 g/mol. The highest BCUT2D eigenvalue weighted by atomic mass is 16.6. The van der Waals surface area contributed by atoms with Crippen LogP contribution in [0.5, 0.6) is 0 Å². The zero-order chi connectivity index (χ0) is 15.1. The van der Waals surface area contributed by atoms with E-state index in [0.29, 0.717) is 18.2 Å². The summed E-state index contributed by atoms with van der Waals surface area (Å²) in [5.74, 6) is 1.00. The highest BCUT2D eigenvalue weighted by Gasteiger charge is 2.16. The second-order valence-electron chi connectivity index (χ2n) is 5.18. The molecule has 2 rings (SSSR count). The molecular weight excluding hydrogens is 270 g/mol. The Morgan fingerprint density at radius 2 is 2.10 bits per heavy atom. The summed E-state index contributed by atoms with van der Waals surface area (Å²) in [5, 5.41) is 17.2. The summed E-state index contributed by atoms with van der Waals surface area (Å²) >= 11 is 0. The van der Waals surface area contributed by atoms with E-state index in [1.807, 2.05) is 6.92 Å². The number of aromatic nitrogens is 1. The Bertz CT molecular complexity index is 474. The van der Waals surface area contributed by atoms with Crippen LogP contribution < -0.4 is 10.6 Å². The fourth-order valence-corrected chi connectivity index (χ4v) is 2.52. The van der Waals surface area contributed by atoms with E-state index >= 15 is 0 Å². The van der Waals surface area contributed by atoms with Gasteiger partial charge in [-0.15, -0.1) is 0 Å². The number of likely N-dealkylation sites (tertiary alicyclic amines) is 1. The zero-order valence-electron chi connectivity index (χ0n) is 12.5. The van der Waals surface area contributed by atoms with Crippen LogP contribution in [0.1, 0.15) is 26.2 Å². The second-order valence-corrected chi connectivity index (χ2v) is 5.18. The first-order chi connectivity index (χ1) is 10.2. The third-order valence-electron chi connectivity index (χ3n) is 3.57. The van der Waals surface area contributed by atoms with Crippen molar-refractivity contribution in [3.63, 3.8) is 0 Å². The quantitative estimate of drug-likeness (QED) is 0.435. The van der Waals surface area contributed by atoms with Gasteiger partial charge < -0.3 is 15.5 Å². The molecule has 0 radical (unpaired) electrons. The lowest BCUT2D eigenvalue weighted by atomic mass is 10.3. The molecule has 0 unspecified atom stereocenters. The molecule has 0 aliphatic carbocycles. The van der Waals surface area contributed by atoms with Gasteiger partial charge in [0, 0.05) is 19.2 Å². The number of hydrogen-bond acceptors (Lipinski definition) is 6. The van der Waals surface area contributed by atoms with E-state index in [1.54, 1.807) is 6.07 Å². The molecule has 21 heavy (non-hydrogen) atoms. The average Bonchev–Trinajstić information content (AvgIpc) is 2.97. The first-order valence-electron chi connectivity index (χ1n) is 7.56. The van der Waals surface area contributed by atoms with Crippen molar-refractivity contribution in [2.75, 3.05) is 43.4 Å². The summed E-state index contributed by atoms with van der Waals surface area (Å²) in [4.78, 5) is 17.3. The van der Waals surface area contributed by atoms with Gasteiger partial charge in [0.05, 0.1) is 4.92 Å². The van der Waals surface area contributed by atoms with Crippen LogP contribution in [0.4, 0.5) is 17.3 Å². The van der Waals surface area contributed by atoms with E-state index in [9.17, 15) is 10.1 Å². The predicted octanol–water partition coefficient (Wildman–Crippen LogP) is 2.32. The van der Waals surface area contributed by atoms with Crippen LogP contribution in [0.3, 0.4) is 0 Å². The van der Waals surface area contributed by atoms with Gasteiger partial charge in [-0.05, 0) is 51.9 Å². The SMILES string of the molecule is CCNc1ccc([N+](=O)[O-])c(NCCCN2CCCC2)n1. The van der Waals surface area contributed by atoms with Gasteiger partial charge in [0.25, 0.3) is 0 Å². The number of nitrogens with one attached hydrogen (secondary N) is 2. The monoisotopic (exact) mass is 293 g/mol. The minimum Gasteiger partial charge on any atom is -0.370 e. The summed E-state index contributed by atoms with van der Waals surface area (Å²) in [5.41, 5.74) is 0.0258. The molecule has 0 aromatic carbocycles. The molecule has 1 aliphatic heterocycles. The predicted molar refractivity (Wildman–Crippen MR) is 83.8 cm³/mol. The normalized spacial score (nSPS) is 15.1. The van der Waals surface area contributed by atoms with Gasteiger partial charge in [-0.1, -0.05) is 0 Å². The first kappa shape index (κ1) is 15.5. The molecule has 0 amide bonds. The Hall–Kier alpha value is -1.89. The van der Waals surface area contributed by atoms with Gasteiger partial charge in [0.15, 0.2) is 0 Å². The molecule has 1 aliphatic rings. The second kappa shape index (κ2) is 7.78. The van der Waals surface area contributed by atoms with Crippen molar-refractivity contribution in [3.05, 3.63) is 22.2 Å². The maximum Gasteiger partial charge on any atom is 0.311 e. The molecule has 2 N–H and O–H groups in total. The van der Waals surface area contributed by atoms with Gasteiger partial charge in [0.1, 0.15) is 5.82 Å². The van der Waals surface area contributed by atoms with Gasteiger partial charge in [0.2, 0.25) is 5.82 Å². The number of pyridine rings is 1. The van der Waals surface area contributed by atoms with Crippen LogP contribution in [0.2, 0.25) is 0 Å². The van der Waals surface area contributed by atoms with Gasteiger partial charge in [-0.25, -0.2) is 4.98 Å². The van der Waals surface area contributed by atoms with Gasteiger partial charge in [-0.2, -0.15) is 0 Å².